The fourth-order valence-electron chi connectivity index (χ4n) is 0. The van der Waals surface area contributed by atoms with Gasteiger partial charge in [-0.05, 0) is 0 Å². The SMILES string of the molecule is [Ni].[Ni].[Ni].[Ni].[Sn]. The predicted octanol–water partition coefficient (Wildman–Crippen LogP) is -0.391. The van der Waals surface area contributed by atoms with Crippen molar-refractivity contribution < 1.29 is 66.0 Å². The Balaban J connectivity index is 0. The molecule has 0 spiro atoms. The minimum atomic E-state index is 0. The Bertz CT molecular complexity index is 3.61. The average molecular weight is 353 g/mol. The van der Waals surface area contributed by atoms with Crippen molar-refractivity contribution in [2.45, 2.75) is 0 Å². The molecule has 5 heteroatoms. The number of rotatable bonds is 0. The zero-order valence-electron chi connectivity index (χ0n) is 1.76. The van der Waals surface area contributed by atoms with Crippen LogP contribution in [0.2, 0.25) is 0 Å². The monoisotopic (exact) mass is 352 g/mol. The second-order valence-corrected chi connectivity index (χ2v) is 0. The fourth-order valence-corrected chi connectivity index (χ4v) is 0. The molecule has 0 aromatic rings. The van der Waals surface area contributed by atoms with Crippen molar-refractivity contribution in [3.05, 3.63) is 0 Å². The minimum Gasteiger partial charge on any atom is 0 e. The number of hydrogen-bond donors (Lipinski definition) is 0. The summed E-state index contributed by atoms with van der Waals surface area (Å²) in [5.74, 6) is 0. The van der Waals surface area contributed by atoms with Gasteiger partial charge in [0.05, 0.1) is 0 Å². The normalized spacial score (nSPS) is 0. The predicted molar refractivity (Wildman–Crippen MR) is 5.75 cm³/mol. The first-order valence-corrected chi connectivity index (χ1v) is 0. The molecule has 0 amide bonds. The molecule has 0 aliphatic rings. The van der Waals surface area contributed by atoms with E-state index in [-0.39, 0.29) is 89.9 Å². The van der Waals surface area contributed by atoms with Crippen molar-refractivity contribution in [1.82, 2.24) is 0 Å². The minimum absolute atomic E-state index is 0. The van der Waals surface area contributed by atoms with Gasteiger partial charge in [-0.25, -0.2) is 0 Å². The summed E-state index contributed by atoms with van der Waals surface area (Å²) in [6.45, 7) is 0. The van der Waals surface area contributed by atoms with Crippen molar-refractivity contribution in [3.8, 4) is 0 Å². The maximum Gasteiger partial charge on any atom is 0 e. The summed E-state index contributed by atoms with van der Waals surface area (Å²) in [7, 11) is 0. The summed E-state index contributed by atoms with van der Waals surface area (Å²) in [6.07, 6.45) is 0. The van der Waals surface area contributed by atoms with Crippen molar-refractivity contribution in [2.24, 2.45) is 0 Å². The van der Waals surface area contributed by atoms with E-state index in [1.807, 2.05) is 0 Å². The molecule has 0 unspecified atom stereocenters. The van der Waals surface area contributed by atoms with Crippen LogP contribution in [-0.2, 0) is 66.0 Å². The molecule has 0 aromatic heterocycles. The first-order valence-electron chi connectivity index (χ1n) is 0. The molecule has 44 valence electrons. The van der Waals surface area contributed by atoms with Crippen LogP contribution in [0, 0.1) is 0 Å². The Morgan fingerprint density at radius 1 is 0.400 bits per heavy atom. The Kier molecular flexibility index (Phi) is 272. The van der Waals surface area contributed by atoms with Crippen molar-refractivity contribution in [1.29, 1.82) is 0 Å². The van der Waals surface area contributed by atoms with Crippen LogP contribution in [0.4, 0.5) is 0 Å². The molecule has 0 aliphatic heterocycles. The third kappa shape index (κ3) is 20.1. The van der Waals surface area contributed by atoms with Gasteiger partial charge < -0.3 is 0 Å². The molecule has 4 radical (unpaired) electrons. The van der Waals surface area contributed by atoms with Crippen LogP contribution < -0.4 is 0 Å². The first kappa shape index (κ1) is 46.4. The quantitative estimate of drug-likeness (QED) is 0.521. The third-order valence-corrected chi connectivity index (χ3v) is 0. The molecule has 0 saturated carbocycles. The van der Waals surface area contributed by atoms with Gasteiger partial charge in [-0.1, -0.05) is 0 Å². The van der Waals surface area contributed by atoms with Gasteiger partial charge in [0.2, 0.25) is 0 Å². The van der Waals surface area contributed by atoms with E-state index in [1.54, 1.807) is 0 Å². The van der Waals surface area contributed by atoms with Crippen LogP contribution in [0.1, 0.15) is 0 Å². The molecule has 0 nitrogen and oxygen atoms in total. The van der Waals surface area contributed by atoms with E-state index >= 15 is 0 Å². The van der Waals surface area contributed by atoms with Gasteiger partial charge in [0.15, 0.2) is 0 Å². The van der Waals surface area contributed by atoms with Crippen LogP contribution in [0.15, 0.2) is 0 Å². The van der Waals surface area contributed by atoms with E-state index in [2.05, 4.69) is 0 Å². The van der Waals surface area contributed by atoms with Gasteiger partial charge in [-0.15, -0.1) is 0 Å². The summed E-state index contributed by atoms with van der Waals surface area (Å²) >= 11 is 0. The van der Waals surface area contributed by atoms with E-state index in [4.69, 9.17) is 0 Å². The molecule has 0 aromatic carbocycles. The van der Waals surface area contributed by atoms with Crippen molar-refractivity contribution in [2.75, 3.05) is 0 Å². The largest absolute Gasteiger partial charge is 0 e. The molecule has 0 rings (SSSR count). The Morgan fingerprint density at radius 3 is 0.400 bits per heavy atom. The third-order valence-electron chi connectivity index (χ3n) is 0. The maximum absolute atomic E-state index is 0. The van der Waals surface area contributed by atoms with E-state index < -0.39 is 0 Å². The molecule has 5 heavy (non-hydrogen) atoms. The average Bonchev–Trinajstić information content (AvgIpc) is 0. The van der Waals surface area contributed by atoms with E-state index in [0.717, 1.165) is 0 Å². The van der Waals surface area contributed by atoms with Gasteiger partial charge in [-0.2, -0.15) is 0 Å². The second-order valence-electron chi connectivity index (χ2n) is 0. The van der Waals surface area contributed by atoms with Crippen LogP contribution >= 0.6 is 0 Å². The molecule has 0 heterocycles. The van der Waals surface area contributed by atoms with Crippen LogP contribution in [0.3, 0.4) is 0 Å². The molecular weight excluding hydrogens is 353 g/mol. The summed E-state index contributed by atoms with van der Waals surface area (Å²) in [4.78, 5) is 0. The Labute approximate surface area is 88.6 Å². The topological polar surface area (TPSA) is 0 Å². The molecule has 0 atom stereocenters. The van der Waals surface area contributed by atoms with Gasteiger partial charge >= 0.3 is 0 Å². The smallest absolute Gasteiger partial charge is 0 e. The molecule has 0 aliphatic carbocycles. The van der Waals surface area contributed by atoms with E-state index in [1.165, 1.54) is 0 Å². The number of hydrogen-bond acceptors (Lipinski definition) is 0. The molecule has 0 saturated heterocycles. The zero-order valence-corrected chi connectivity index (χ0v) is 8.57. The van der Waals surface area contributed by atoms with Crippen LogP contribution in [-0.4, -0.2) is 23.9 Å². The summed E-state index contributed by atoms with van der Waals surface area (Å²) < 4.78 is 0. The molecule has 0 N–H and O–H groups in total. The summed E-state index contributed by atoms with van der Waals surface area (Å²) in [5, 5.41) is 0. The Hall–Kier alpha value is 2.77. The maximum atomic E-state index is 0. The zero-order chi connectivity index (χ0) is 0. The second kappa shape index (κ2) is 29.4. The standard InChI is InChI=1S/4Ni.Sn. The Morgan fingerprint density at radius 2 is 0.400 bits per heavy atom. The summed E-state index contributed by atoms with van der Waals surface area (Å²) in [5.41, 5.74) is 0. The van der Waals surface area contributed by atoms with E-state index in [0.29, 0.717) is 0 Å². The summed E-state index contributed by atoms with van der Waals surface area (Å²) in [6, 6.07) is 0. The molecule has 0 bridgehead atoms. The van der Waals surface area contributed by atoms with Crippen molar-refractivity contribution in [3.63, 3.8) is 0 Å². The van der Waals surface area contributed by atoms with Gasteiger partial charge in [-0.3, -0.25) is 0 Å². The van der Waals surface area contributed by atoms with E-state index in [9.17, 15) is 0 Å². The van der Waals surface area contributed by atoms with Crippen LogP contribution in [0.5, 0.6) is 0 Å². The van der Waals surface area contributed by atoms with Crippen LogP contribution in [0.25, 0.3) is 0 Å². The molecular formula is Ni4Sn. The fraction of sp³-hybridized carbons (Fsp3) is 0. The van der Waals surface area contributed by atoms with Gasteiger partial charge in [0.1, 0.15) is 0 Å². The molecule has 0 fully saturated rings. The van der Waals surface area contributed by atoms with Gasteiger partial charge in [0, 0.05) is 89.9 Å². The first-order chi connectivity index (χ1) is 0. The van der Waals surface area contributed by atoms with Gasteiger partial charge in [0.25, 0.3) is 0 Å². The van der Waals surface area contributed by atoms with Crippen molar-refractivity contribution >= 4 is 23.9 Å².